The van der Waals surface area contributed by atoms with Gasteiger partial charge in [0.15, 0.2) is 5.11 Å². The molecule has 5 nitrogen and oxygen atoms in total. The number of aromatic nitrogens is 1. The zero-order valence-electron chi connectivity index (χ0n) is 14.5. The summed E-state index contributed by atoms with van der Waals surface area (Å²) in [5.74, 6) is 1.94. The summed E-state index contributed by atoms with van der Waals surface area (Å²) in [7, 11) is 1.66. The maximum atomic E-state index is 5.58. The van der Waals surface area contributed by atoms with Crippen LogP contribution in [0.25, 0.3) is 10.1 Å². The molecule has 1 N–H and O–H groups in total. The summed E-state index contributed by atoms with van der Waals surface area (Å²) in [4.78, 5) is 4.57. The molecule has 1 aliphatic rings. The van der Waals surface area contributed by atoms with E-state index in [0.717, 1.165) is 48.5 Å². The number of rotatable bonds is 3. The van der Waals surface area contributed by atoms with Gasteiger partial charge in [-0.25, -0.2) is 0 Å². The van der Waals surface area contributed by atoms with Crippen LogP contribution in [0.15, 0.2) is 48.5 Å². The minimum atomic E-state index is 0.762. The van der Waals surface area contributed by atoms with Gasteiger partial charge in [0.1, 0.15) is 11.6 Å². The van der Waals surface area contributed by atoms with Crippen molar-refractivity contribution in [2.24, 2.45) is 0 Å². The molecular formula is C19H20N4OS2. The topological polar surface area (TPSA) is 40.6 Å². The average molecular weight is 385 g/mol. The van der Waals surface area contributed by atoms with Crippen LogP contribution in [0.2, 0.25) is 0 Å². The van der Waals surface area contributed by atoms with Gasteiger partial charge in [0, 0.05) is 37.3 Å². The first-order valence-corrected chi connectivity index (χ1v) is 9.72. The van der Waals surface area contributed by atoms with Gasteiger partial charge < -0.3 is 19.9 Å². The SMILES string of the molecule is COc1ccc(NC(=S)N2CCN(c3nsc4ccccc34)CC2)cc1. The van der Waals surface area contributed by atoms with Crippen LogP contribution in [-0.4, -0.2) is 47.7 Å². The van der Waals surface area contributed by atoms with E-state index in [4.69, 9.17) is 17.0 Å². The number of methoxy groups -OCH3 is 1. The van der Waals surface area contributed by atoms with Crippen molar-refractivity contribution in [1.29, 1.82) is 0 Å². The highest BCUT2D eigenvalue weighted by Crippen LogP contribution is 2.29. The first-order valence-electron chi connectivity index (χ1n) is 8.54. The molecule has 1 aliphatic heterocycles. The molecule has 7 heteroatoms. The average Bonchev–Trinajstić information content (AvgIpc) is 3.13. The number of nitrogens with zero attached hydrogens (tertiary/aromatic N) is 3. The molecule has 0 atom stereocenters. The number of anilines is 2. The highest BCUT2D eigenvalue weighted by molar-refractivity contribution is 7.80. The van der Waals surface area contributed by atoms with Gasteiger partial charge in [0.25, 0.3) is 0 Å². The lowest BCUT2D eigenvalue weighted by molar-refractivity contribution is 0.390. The highest BCUT2D eigenvalue weighted by Gasteiger charge is 2.22. The van der Waals surface area contributed by atoms with Gasteiger partial charge in [0.05, 0.1) is 11.8 Å². The van der Waals surface area contributed by atoms with Crippen LogP contribution in [0, 0.1) is 0 Å². The van der Waals surface area contributed by atoms with Crippen LogP contribution in [-0.2, 0) is 0 Å². The van der Waals surface area contributed by atoms with E-state index in [1.54, 1.807) is 18.6 Å². The molecule has 2 heterocycles. The molecule has 1 saturated heterocycles. The minimum absolute atomic E-state index is 0.762. The van der Waals surface area contributed by atoms with E-state index < -0.39 is 0 Å². The lowest BCUT2D eigenvalue weighted by Gasteiger charge is -2.36. The van der Waals surface area contributed by atoms with E-state index in [-0.39, 0.29) is 0 Å². The van der Waals surface area contributed by atoms with E-state index in [9.17, 15) is 0 Å². The van der Waals surface area contributed by atoms with Gasteiger partial charge in [-0.05, 0) is 60.1 Å². The van der Waals surface area contributed by atoms with Crippen molar-refractivity contribution in [2.45, 2.75) is 0 Å². The van der Waals surface area contributed by atoms with Crippen LogP contribution in [0.1, 0.15) is 0 Å². The van der Waals surface area contributed by atoms with Crippen LogP contribution in [0.3, 0.4) is 0 Å². The summed E-state index contributed by atoms with van der Waals surface area (Å²) < 4.78 is 11.1. The third-order valence-corrected chi connectivity index (χ3v) is 5.74. The van der Waals surface area contributed by atoms with Crippen molar-refractivity contribution in [1.82, 2.24) is 9.27 Å². The normalized spacial score (nSPS) is 14.5. The van der Waals surface area contributed by atoms with Gasteiger partial charge in [-0.15, -0.1) is 0 Å². The summed E-state index contributed by atoms with van der Waals surface area (Å²) in [5.41, 5.74) is 0.976. The Hall–Kier alpha value is -2.38. The van der Waals surface area contributed by atoms with E-state index in [1.165, 1.54) is 10.1 Å². The number of hydrogen-bond donors (Lipinski definition) is 1. The molecule has 0 spiro atoms. The number of piperazine rings is 1. The molecule has 0 unspecified atom stereocenters. The van der Waals surface area contributed by atoms with Crippen molar-refractivity contribution < 1.29 is 4.74 Å². The number of thiocarbonyl (C=S) groups is 1. The summed E-state index contributed by atoms with van der Waals surface area (Å²) >= 11 is 7.15. The van der Waals surface area contributed by atoms with Crippen molar-refractivity contribution in [3.8, 4) is 5.75 Å². The summed E-state index contributed by atoms with van der Waals surface area (Å²) in [6, 6.07) is 16.2. The van der Waals surface area contributed by atoms with Crippen LogP contribution >= 0.6 is 23.8 Å². The Morgan fingerprint density at radius 2 is 1.81 bits per heavy atom. The number of fused-ring (bicyclic) bond motifs is 1. The largest absolute Gasteiger partial charge is 0.497 e. The van der Waals surface area contributed by atoms with E-state index >= 15 is 0 Å². The lowest BCUT2D eigenvalue weighted by atomic mass is 10.2. The van der Waals surface area contributed by atoms with Crippen molar-refractivity contribution in [2.75, 3.05) is 43.5 Å². The second-order valence-electron chi connectivity index (χ2n) is 6.14. The molecular weight excluding hydrogens is 364 g/mol. The summed E-state index contributed by atoms with van der Waals surface area (Å²) in [5, 5.41) is 5.31. The van der Waals surface area contributed by atoms with Gasteiger partial charge >= 0.3 is 0 Å². The monoisotopic (exact) mass is 384 g/mol. The number of benzene rings is 2. The molecule has 2 aromatic carbocycles. The quantitative estimate of drug-likeness (QED) is 0.692. The predicted molar refractivity (Wildman–Crippen MR) is 113 cm³/mol. The number of ether oxygens (including phenoxy) is 1. The number of nitrogens with one attached hydrogen (secondary N) is 1. The zero-order chi connectivity index (χ0) is 17.9. The Morgan fingerprint density at radius 1 is 1.08 bits per heavy atom. The van der Waals surface area contributed by atoms with E-state index in [2.05, 4.69) is 43.8 Å². The molecule has 134 valence electrons. The minimum Gasteiger partial charge on any atom is -0.497 e. The molecule has 4 rings (SSSR count). The molecule has 26 heavy (non-hydrogen) atoms. The molecule has 0 radical (unpaired) electrons. The van der Waals surface area contributed by atoms with Crippen molar-refractivity contribution in [3.63, 3.8) is 0 Å². The van der Waals surface area contributed by atoms with E-state index in [1.807, 2.05) is 24.3 Å². The Balaban J connectivity index is 1.37. The Labute approximate surface area is 162 Å². The Kier molecular flexibility index (Phi) is 4.90. The first kappa shape index (κ1) is 17.1. The highest BCUT2D eigenvalue weighted by atomic mass is 32.1. The van der Waals surface area contributed by atoms with Crippen molar-refractivity contribution >= 4 is 50.5 Å². The van der Waals surface area contributed by atoms with Crippen LogP contribution in [0.4, 0.5) is 11.5 Å². The Bertz CT molecular complexity index is 901. The van der Waals surface area contributed by atoms with Gasteiger partial charge in [-0.2, -0.15) is 4.37 Å². The molecule has 0 amide bonds. The fraction of sp³-hybridized carbons (Fsp3) is 0.263. The standard InChI is InChI=1S/C19H20N4OS2/c1-24-15-8-6-14(7-9-15)20-19(25)23-12-10-22(11-13-23)18-16-4-2-3-5-17(16)26-21-18/h2-9H,10-13H2,1H3,(H,20,25). The van der Waals surface area contributed by atoms with E-state index in [0.29, 0.717) is 0 Å². The maximum Gasteiger partial charge on any atom is 0.173 e. The third kappa shape index (κ3) is 3.45. The van der Waals surface area contributed by atoms with Gasteiger partial charge in [-0.1, -0.05) is 12.1 Å². The lowest BCUT2D eigenvalue weighted by Crippen LogP contribution is -2.50. The summed E-state index contributed by atoms with van der Waals surface area (Å²) in [6.45, 7) is 3.60. The molecule has 1 aromatic heterocycles. The first-order chi connectivity index (χ1) is 12.7. The molecule has 1 fully saturated rings. The maximum absolute atomic E-state index is 5.58. The van der Waals surface area contributed by atoms with Crippen molar-refractivity contribution in [3.05, 3.63) is 48.5 Å². The predicted octanol–water partition coefficient (Wildman–Crippen LogP) is 3.82. The fourth-order valence-electron chi connectivity index (χ4n) is 3.10. The summed E-state index contributed by atoms with van der Waals surface area (Å²) in [6.07, 6.45) is 0. The zero-order valence-corrected chi connectivity index (χ0v) is 16.1. The number of hydrogen-bond acceptors (Lipinski definition) is 5. The second kappa shape index (κ2) is 7.47. The Morgan fingerprint density at radius 3 is 2.54 bits per heavy atom. The van der Waals surface area contributed by atoms with Gasteiger partial charge in [-0.3, -0.25) is 0 Å². The van der Waals surface area contributed by atoms with Crippen LogP contribution < -0.4 is 15.0 Å². The molecule has 0 saturated carbocycles. The fourth-order valence-corrected chi connectivity index (χ4v) is 4.20. The molecule has 3 aromatic rings. The smallest absolute Gasteiger partial charge is 0.173 e. The molecule has 0 bridgehead atoms. The third-order valence-electron chi connectivity index (χ3n) is 4.57. The van der Waals surface area contributed by atoms with Crippen LogP contribution in [0.5, 0.6) is 5.75 Å². The second-order valence-corrected chi connectivity index (χ2v) is 7.33. The molecule has 0 aliphatic carbocycles. The van der Waals surface area contributed by atoms with Gasteiger partial charge in [0.2, 0.25) is 0 Å².